The van der Waals surface area contributed by atoms with E-state index in [0.717, 1.165) is 0 Å². The van der Waals surface area contributed by atoms with Crippen LogP contribution in [0.25, 0.3) is 0 Å². The number of nitro groups is 1. The molecule has 1 rings (SSSR count). The predicted octanol–water partition coefficient (Wildman–Crippen LogP) is 1.71. The van der Waals surface area contributed by atoms with Gasteiger partial charge in [-0.25, -0.2) is 0 Å². The van der Waals surface area contributed by atoms with Crippen molar-refractivity contribution in [1.29, 1.82) is 5.26 Å². The Labute approximate surface area is 86.0 Å². The van der Waals surface area contributed by atoms with Gasteiger partial charge in [0.25, 0.3) is 5.69 Å². The van der Waals surface area contributed by atoms with Gasteiger partial charge >= 0.3 is 0 Å². The van der Waals surface area contributed by atoms with Crippen LogP contribution in [0.5, 0.6) is 0 Å². The van der Waals surface area contributed by atoms with Crippen molar-refractivity contribution < 1.29 is 10.0 Å². The van der Waals surface area contributed by atoms with Crippen molar-refractivity contribution in [3.05, 3.63) is 52.1 Å². The summed E-state index contributed by atoms with van der Waals surface area (Å²) in [6.07, 6.45) is -1.19. The van der Waals surface area contributed by atoms with Crippen LogP contribution in [-0.2, 0) is 0 Å². The standard InChI is InChI=1S/C10H8N2O3/c1-7(6-11)10(13)8-3-2-4-9(5-8)12(14)15/h2-5,10,13H,1H2/t10-/m0/s1. The second-order valence-electron chi connectivity index (χ2n) is 2.89. The van der Waals surface area contributed by atoms with Crippen LogP contribution in [0.15, 0.2) is 36.4 Å². The van der Waals surface area contributed by atoms with Crippen molar-refractivity contribution in [3.8, 4) is 6.07 Å². The monoisotopic (exact) mass is 204 g/mol. The summed E-state index contributed by atoms with van der Waals surface area (Å²) >= 11 is 0. The molecule has 1 N–H and O–H groups in total. The molecule has 1 aromatic rings. The lowest BCUT2D eigenvalue weighted by atomic mass is 10.0. The van der Waals surface area contributed by atoms with Crippen molar-refractivity contribution in [2.24, 2.45) is 0 Å². The molecule has 76 valence electrons. The quantitative estimate of drug-likeness (QED) is 0.461. The van der Waals surface area contributed by atoms with Crippen LogP contribution in [0.1, 0.15) is 11.7 Å². The minimum atomic E-state index is -1.19. The maximum absolute atomic E-state index is 10.5. The first-order valence-electron chi connectivity index (χ1n) is 4.07. The smallest absolute Gasteiger partial charge is 0.269 e. The summed E-state index contributed by atoms with van der Waals surface area (Å²) in [5.74, 6) is 0. The Kier molecular flexibility index (Phi) is 3.16. The van der Waals surface area contributed by atoms with Crippen LogP contribution >= 0.6 is 0 Å². The van der Waals surface area contributed by atoms with Crippen LogP contribution in [0.4, 0.5) is 5.69 Å². The maximum atomic E-state index is 10.5. The highest BCUT2D eigenvalue weighted by Crippen LogP contribution is 2.23. The molecule has 15 heavy (non-hydrogen) atoms. The van der Waals surface area contributed by atoms with Gasteiger partial charge in [-0.15, -0.1) is 0 Å². The fraction of sp³-hybridized carbons (Fsp3) is 0.100. The summed E-state index contributed by atoms with van der Waals surface area (Å²) in [4.78, 5) is 9.89. The molecule has 0 radical (unpaired) electrons. The van der Waals surface area contributed by atoms with E-state index in [1.807, 2.05) is 0 Å². The van der Waals surface area contributed by atoms with Gasteiger partial charge in [0.15, 0.2) is 0 Å². The van der Waals surface area contributed by atoms with E-state index in [1.165, 1.54) is 24.3 Å². The first-order valence-corrected chi connectivity index (χ1v) is 4.07. The minimum Gasteiger partial charge on any atom is -0.383 e. The largest absolute Gasteiger partial charge is 0.383 e. The molecule has 0 unspecified atom stereocenters. The third-order valence-electron chi connectivity index (χ3n) is 1.87. The lowest BCUT2D eigenvalue weighted by molar-refractivity contribution is -0.385. The zero-order valence-corrected chi connectivity index (χ0v) is 7.75. The lowest BCUT2D eigenvalue weighted by Crippen LogP contribution is -1.99. The first kappa shape index (κ1) is 10.9. The second kappa shape index (κ2) is 4.35. The van der Waals surface area contributed by atoms with Crippen LogP contribution in [0.2, 0.25) is 0 Å². The van der Waals surface area contributed by atoms with Crippen molar-refractivity contribution >= 4 is 5.69 Å². The number of aliphatic hydroxyl groups is 1. The third-order valence-corrected chi connectivity index (χ3v) is 1.87. The molecular formula is C10H8N2O3. The Morgan fingerprint density at radius 1 is 1.67 bits per heavy atom. The minimum absolute atomic E-state index is 0.0458. The number of rotatable bonds is 3. The number of hydrogen-bond acceptors (Lipinski definition) is 4. The Hall–Kier alpha value is -2.19. The molecule has 0 heterocycles. The molecule has 1 atom stereocenters. The molecule has 0 amide bonds. The van der Waals surface area contributed by atoms with Crippen molar-refractivity contribution in [1.82, 2.24) is 0 Å². The molecule has 0 saturated carbocycles. The summed E-state index contributed by atoms with van der Waals surface area (Å²) in [5.41, 5.74) is 0.114. The summed E-state index contributed by atoms with van der Waals surface area (Å²) in [7, 11) is 0. The van der Waals surface area contributed by atoms with E-state index < -0.39 is 11.0 Å². The van der Waals surface area contributed by atoms with Crippen LogP contribution < -0.4 is 0 Å². The van der Waals surface area contributed by atoms with Gasteiger partial charge in [0, 0.05) is 12.1 Å². The number of aliphatic hydroxyl groups excluding tert-OH is 1. The highest BCUT2D eigenvalue weighted by Gasteiger charge is 2.14. The summed E-state index contributed by atoms with van der Waals surface area (Å²) in [5, 5.41) is 28.5. The van der Waals surface area contributed by atoms with Gasteiger partial charge in [-0.2, -0.15) is 5.26 Å². The summed E-state index contributed by atoms with van der Waals surface area (Å²) in [6, 6.07) is 7.17. The van der Waals surface area contributed by atoms with E-state index in [4.69, 9.17) is 5.26 Å². The molecule has 0 fully saturated rings. The molecule has 1 aromatic carbocycles. The van der Waals surface area contributed by atoms with E-state index in [1.54, 1.807) is 6.07 Å². The first-order chi connectivity index (χ1) is 7.06. The van der Waals surface area contributed by atoms with Gasteiger partial charge in [0.1, 0.15) is 6.10 Å². The van der Waals surface area contributed by atoms with Gasteiger partial charge in [0.2, 0.25) is 0 Å². The predicted molar refractivity (Wildman–Crippen MR) is 52.8 cm³/mol. The third kappa shape index (κ3) is 2.39. The molecule has 5 nitrogen and oxygen atoms in total. The normalized spacial score (nSPS) is 11.5. The van der Waals surface area contributed by atoms with Crippen molar-refractivity contribution in [3.63, 3.8) is 0 Å². The Bertz CT molecular complexity index is 448. The molecule has 5 heteroatoms. The fourth-order valence-electron chi connectivity index (χ4n) is 1.07. The Morgan fingerprint density at radius 3 is 2.87 bits per heavy atom. The molecule has 0 spiro atoms. The van der Waals surface area contributed by atoms with E-state index in [-0.39, 0.29) is 16.8 Å². The van der Waals surface area contributed by atoms with Crippen molar-refractivity contribution in [2.45, 2.75) is 6.10 Å². The summed E-state index contributed by atoms with van der Waals surface area (Å²) < 4.78 is 0. The SMILES string of the molecule is C=C(C#N)[C@H](O)c1cccc([N+](=O)[O-])c1. The highest BCUT2D eigenvalue weighted by atomic mass is 16.6. The van der Waals surface area contributed by atoms with Gasteiger partial charge in [0.05, 0.1) is 16.6 Å². The number of hydrogen-bond donors (Lipinski definition) is 1. The molecular weight excluding hydrogens is 196 g/mol. The van der Waals surface area contributed by atoms with Gasteiger partial charge in [-0.3, -0.25) is 10.1 Å². The lowest BCUT2D eigenvalue weighted by Gasteiger charge is -2.07. The molecule has 0 aliphatic rings. The number of nitro benzene ring substituents is 1. The average Bonchev–Trinajstić information content (AvgIpc) is 2.27. The molecule has 0 saturated heterocycles. The van der Waals surface area contributed by atoms with E-state index in [9.17, 15) is 15.2 Å². The number of benzene rings is 1. The van der Waals surface area contributed by atoms with E-state index >= 15 is 0 Å². The molecule has 0 aromatic heterocycles. The number of non-ortho nitro benzene ring substituents is 1. The molecule has 0 aliphatic carbocycles. The molecule has 0 aliphatic heterocycles. The number of nitrogens with zero attached hydrogens (tertiary/aromatic N) is 2. The van der Waals surface area contributed by atoms with E-state index in [2.05, 4.69) is 6.58 Å². The molecule has 0 bridgehead atoms. The Balaban J connectivity index is 3.06. The van der Waals surface area contributed by atoms with Gasteiger partial charge in [-0.1, -0.05) is 18.7 Å². The van der Waals surface area contributed by atoms with Crippen LogP contribution in [0, 0.1) is 21.4 Å². The van der Waals surface area contributed by atoms with Crippen molar-refractivity contribution in [2.75, 3.05) is 0 Å². The van der Waals surface area contributed by atoms with Gasteiger partial charge < -0.3 is 5.11 Å². The van der Waals surface area contributed by atoms with Gasteiger partial charge in [-0.05, 0) is 5.56 Å². The maximum Gasteiger partial charge on any atom is 0.269 e. The van der Waals surface area contributed by atoms with Crippen LogP contribution in [-0.4, -0.2) is 10.0 Å². The zero-order chi connectivity index (χ0) is 11.4. The topological polar surface area (TPSA) is 87.2 Å². The van der Waals surface area contributed by atoms with E-state index in [0.29, 0.717) is 0 Å². The average molecular weight is 204 g/mol. The highest BCUT2D eigenvalue weighted by molar-refractivity contribution is 5.39. The number of nitriles is 1. The zero-order valence-electron chi connectivity index (χ0n) is 7.75. The Morgan fingerprint density at radius 2 is 2.33 bits per heavy atom. The van der Waals surface area contributed by atoms with Crippen LogP contribution in [0.3, 0.4) is 0 Å². The fourth-order valence-corrected chi connectivity index (χ4v) is 1.07. The summed E-state index contributed by atoms with van der Waals surface area (Å²) in [6.45, 7) is 3.34. The second-order valence-corrected chi connectivity index (χ2v) is 2.89.